The van der Waals surface area contributed by atoms with E-state index in [-0.39, 0.29) is 5.91 Å². The van der Waals surface area contributed by atoms with Gasteiger partial charge in [-0.1, -0.05) is 19.3 Å². The summed E-state index contributed by atoms with van der Waals surface area (Å²) in [6.45, 7) is 6.86. The van der Waals surface area contributed by atoms with Crippen molar-refractivity contribution in [1.29, 1.82) is 0 Å². The molecule has 0 radical (unpaired) electrons. The number of hydrogen-bond acceptors (Lipinski definition) is 3. The zero-order valence-electron chi connectivity index (χ0n) is 16.9. The number of likely N-dealkylation sites (tertiary alicyclic amines) is 1. The summed E-state index contributed by atoms with van der Waals surface area (Å²) in [6, 6.07) is 0.776. The standard InChI is InChI=1S/C20H39N5O/c1-3-22-20(25-14-7-9-17(16-25)15-19(21)26)23-12-8-13-24(2)18-10-5-4-6-11-18/h17-18H,3-16H2,1-2H3,(H2,21,26)(H,22,23). The van der Waals surface area contributed by atoms with Crippen LogP contribution in [0.3, 0.4) is 0 Å². The summed E-state index contributed by atoms with van der Waals surface area (Å²) in [5.41, 5.74) is 5.38. The summed E-state index contributed by atoms with van der Waals surface area (Å²) in [6.07, 6.45) is 10.7. The monoisotopic (exact) mass is 365 g/mol. The number of nitrogens with zero attached hydrogens (tertiary/aromatic N) is 3. The van der Waals surface area contributed by atoms with E-state index < -0.39 is 0 Å². The molecule has 1 heterocycles. The van der Waals surface area contributed by atoms with Crippen LogP contribution in [-0.2, 0) is 4.79 Å². The summed E-state index contributed by atoms with van der Waals surface area (Å²) in [5, 5.41) is 3.42. The van der Waals surface area contributed by atoms with Crippen molar-refractivity contribution >= 4 is 11.9 Å². The van der Waals surface area contributed by atoms with E-state index in [1.165, 1.54) is 32.1 Å². The molecule has 1 aliphatic heterocycles. The number of nitrogens with one attached hydrogen (secondary N) is 1. The van der Waals surface area contributed by atoms with Gasteiger partial charge in [0.2, 0.25) is 5.91 Å². The second-order valence-electron chi connectivity index (χ2n) is 7.99. The molecule has 1 saturated heterocycles. The molecule has 26 heavy (non-hydrogen) atoms. The van der Waals surface area contributed by atoms with Crippen molar-refractivity contribution in [2.75, 3.05) is 39.8 Å². The molecule has 2 fully saturated rings. The van der Waals surface area contributed by atoms with Gasteiger partial charge in [-0.25, -0.2) is 0 Å². The van der Waals surface area contributed by atoms with E-state index in [0.717, 1.165) is 64.0 Å². The first kappa shape index (κ1) is 21.0. The summed E-state index contributed by atoms with van der Waals surface area (Å²) < 4.78 is 0. The molecule has 150 valence electrons. The van der Waals surface area contributed by atoms with Crippen LogP contribution in [0.4, 0.5) is 0 Å². The van der Waals surface area contributed by atoms with E-state index in [4.69, 9.17) is 10.7 Å². The largest absolute Gasteiger partial charge is 0.370 e. The minimum absolute atomic E-state index is 0.190. The third-order valence-electron chi connectivity index (χ3n) is 5.77. The number of aliphatic imine (C=N–C) groups is 1. The van der Waals surface area contributed by atoms with E-state index >= 15 is 0 Å². The highest BCUT2D eigenvalue weighted by atomic mass is 16.1. The molecule has 0 aromatic heterocycles. The smallest absolute Gasteiger partial charge is 0.217 e. The summed E-state index contributed by atoms with van der Waals surface area (Å²) >= 11 is 0. The molecule has 2 aliphatic rings. The molecular formula is C20H39N5O. The van der Waals surface area contributed by atoms with E-state index in [9.17, 15) is 4.79 Å². The first-order chi connectivity index (χ1) is 12.6. The maximum atomic E-state index is 11.2. The number of carbonyl (C=O) groups excluding carboxylic acids is 1. The highest BCUT2D eigenvalue weighted by Crippen LogP contribution is 2.22. The number of carbonyl (C=O) groups is 1. The number of hydrogen-bond donors (Lipinski definition) is 2. The van der Waals surface area contributed by atoms with Crippen LogP contribution in [0, 0.1) is 5.92 Å². The molecule has 0 spiro atoms. The lowest BCUT2D eigenvalue weighted by atomic mass is 9.94. The molecule has 0 bridgehead atoms. The van der Waals surface area contributed by atoms with E-state index in [0.29, 0.717) is 12.3 Å². The minimum Gasteiger partial charge on any atom is -0.370 e. The fraction of sp³-hybridized carbons (Fsp3) is 0.900. The lowest BCUT2D eigenvalue weighted by Crippen LogP contribution is -2.47. The molecule has 1 unspecified atom stereocenters. The Kier molecular flexibility index (Phi) is 9.23. The van der Waals surface area contributed by atoms with Crippen LogP contribution in [0.1, 0.15) is 64.7 Å². The van der Waals surface area contributed by atoms with E-state index in [1.807, 2.05) is 0 Å². The predicted molar refractivity (Wildman–Crippen MR) is 108 cm³/mol. The van der Waals surface area contributed by atoms with Gasteiger partial charge < -0.3 is 20.9 Å². The van der Waals surface area contributed by atoms with E-state index in [1.54, 1.807) is 0 Å². The molecule has 1 aliphatic carbocycles. The van der Waals surface area contributed by atoms with E-state index in [2.05, 4.69) is 29.1 Å². The minimum atomic E-state index is -0.190. The fourth-order valence-electron chi connectivity index (χ4n) is 4.34. The lowest BCUT2D eigenvalue weighted by Gasteiger charge is -2.34. The highest BCUT2D eigenvalue weighted by Gasteiger charge is 2.23. The average molecular weight is 366 g/mol. The van der Waals surface area contributed by atoms with Crippen LogP contribution in [0.5, 0.6) is 0 Å². The Balaban J connectivity index is 1.78. The molecule has 1 saturated carbocycles. The Morgan fingerprint density at radius 1 is 1.23 bits per heavy atom. The Hall–Kier alpha value is -1.30. The van der Waals surface area contributed by atoms with Crippen LogP contribution in [0.25, 0.3) is 0 Å². The molecule has 3 N–H and O–H groups in total. The van der Waals surface area contributed by atoms with Crippen molar-refractivity contribution in [3.8, 4) is 0 Å². The van der Waals surface area contributed by atoms with Crippen LogP contribution in [0.2, 0.25) is 0 Å². The van der Waals surface area contributed by atoms with Crippen LogP contribution >= 0.6 is 0 Å². The van der Waals surface area contributed by atoms with Crippen LogP contribution in [-0.4, -0.2) is 67.5 Å². The quantitative estimate of drug-likeness (QED) is 0.393. The van der Waals surface area contributed by atoms with Crippen molar-refractivity contribution in [2.45, 2.75) is 70.8 Å². The zero-order chi connectivity index (χ0) is 18.8. The van der Waals surface area contributed by atoms with Crippen molar-refractivity contribution in [3.63, 3.8) is 0 Å². The first-order valence-electron chi connectivity index (χ1n) is 10.6. The second kappa shape index (κ2) is 11.4. The molecular weight excluding hydrogens is 326 g/mol. The van der Waals surface area contributed by atoms with Gasteiger partial charge in [0.15, 0.2) is 5.96 Å². The molecule has 1 amide bonds. The van der Waals surface area contributed by atoms with Gasteiger partial charge in [-0.2, -0.15) is 0 Å². The normalized spacial score (nSPS) is 22.7. The molecule has 0 aromatic carbocycles. The van der Waals surface area contributed by atoms with Crippen molar-refractivity contribution in [1.82, 2.24) is 15.1 Å². The Morgan fingerprint density at radius 3 is 2.69 bits per heavy atom. The zero-order valence-corrected chi connectivity index (χ0v) is 16.9. The van der Waals surface area contributed by atoms with Crippen molar-refractivity contribution in [3.05, 3.63) is 0 Å². The highest BCUT2D eigenvalue weighted by molar-refractivity contribution is 5.80. The maximum absolute atomic E-state index is 11.2. The molecule has 2 rings (SSSR count). The summed E-state index contributed by atoms with van der Waals surface area (Å²) in [4.78, 5) is 20.9. The van der Waals surface area contributed by atoms with Gasteiger partial charge in [-0.3, -0.25) is 9.79 Å². The number of rotatable bonds is 8. The maximum Gasteiger partial charge on any atom is 0.217 e. The average Bonchev–Trinajstić information content (AvgIpc) is 2.64. The molecule has 6 nitrogen and oxygen atoms in total. The number of nitrogens with two attached hydrogens (primary N) is 1. The second-order valence-corrected chi connectivity index (χ2v) is 7.99. The Labute approximate surface area is 159 Å². The van der Waals surface area contributed by atoms with Crippen LogP contribution in [0.15, 0.2) is 4.99 Å². The first-order valence-corrected chi connectivity index (χ1v) is 10.6. The number of guanidine groups is 1. The molecule has 6 heteroatoms. The topological polar surface area (TPSA) is 74.0 Å². The number of primary amides is 1. The SMILES string of the molecule is CCNC(=NCCCN(C)C1CCCCC1)N1CCCC(CC(N)=O)C1. The molecule has 1 atom stereocenters. The molecule has 0 aromatic rings. The third-order valence-corrected chi connectivity index (χ3v) is 5.77. The van der Waals surface area contributed by atoms with Gasteiger partial charge in [0.1, 0.15) is 0 Å². The number of amides is 1. The Morgan fingerprint density at radius 2 is 2.00 bits per heavy atom. The van der Waals surface area contributed by atoms with Gasteiger partial charge in [0.05, 0.1) is 0 Å². The summed E-state index contributed by atoms with van der Waals surface area (Å²) in [7, 11) is 2.27. The summed E-state index contributed by atoms with van der Waals surface area (Å²) in [5.74, 6) is 1.18. The van der Waals surface area contributed by atoms with Gasteiger partial charge in [-0.15, -0.1) is 0 Å². The van der Waals surface area contributed by atoms with Gasteiger partial charge in [-0.05, 0) is 58.5 Å². The van der Waals surface area contributed by atoms with Crippen molar-refractivity contribution < 1.29 is 4.79 Å². The van der Waals surface area contributed by atoms with Gasteiger partial charge in [0, 0.05) is 38.6 Å². The fourth-order valence-corrected chi connectivity index (χ4v) is 4.34. The number of piperidine rings is 1. The van der Waals surface area contributed by atoms with Crippen molar-refractivity contribution in [2.24, 2.45) is 16.6 Å². The van der Waals surface area contributed by atoms with Gasteiger partial charge in [0.25, 0.3) is 0 Å². The van der Waals surface area contributed by atoms with Gasteiger partial charge >= 0.3 is 0 Å². The Bertz CT molecular complexity index is 447. The van der Waals surface area contributed by atoms with Crippen LogP contribution < -0.4 is 11.1 Å². The third kappa shape index (κ3) is 7.14. The predicted octanol–water partition coefficient (Wildman–Crippen LogP) is 2.19. The lowest BCUT2D eigenvalue weighted by molar-refractivity contribution is -0.119.